The molecular weight excluding hydrogens is 577 g/mol. The standard InChI is InChI=1S/C33H38FN7O4/c1-18(2)39-9-8-22-14-27(38-41(22)17-28(39)42)37-26-13-21-12-23(29(34)19(3)24(21)15-35-26)25-16-36-31-30(20(25)4)40(10-11-44-31)32(43)45-33(5,6)7/h12-16,18H,8-11,17H2,1-7H3,(H,35,37,38). The van der Waals surface area contributed by atoms with Gasteiger partial charge in [0.25, 0.3) is 0 Å². The Morgan fingerprint density at radius 1 is 1.04 bits per heavy atom. The van der Waals surface area contributed by atoms with Crippen LogP contribution in [0.15, 0.2) is 30.6 Å². The molecule has 0 aliphatic carbocycles. The fourth-order valence-electron chi connectivity index (χ4n) is 5.93. The van der Waals surface area contributed by atoms with Crippen LogP contribution in [0.3, 0.4) is 0 Å². The molecule has 11 nitrogen and oxygen atoms in total. The second-order valence-corrected chi connectivity index (χ2v) is 12.8. The third kappa shape index (κ3) is 5.76. The largest absolute Gasteiger partial charge is 0.474 e. The lowest BCUT2D eigenvalue weighted by Gasteiger charge is -2.32. The SMILES string of the molecule is Cc1c(-c2cc3cc(Nc4cc5n(n4)CC(=O)N(C(C)C)CC5)ncc3c(C)c2F)cnc2c1N(C(=O)OC(C)(C)C)CCO2. The lowest BCUT2D eigenvalue weighted by atomic mass is 9.95. The fraction of sp³-hybridized carbons (Fsp3) is 0.424. The number of carbonyl (C=O) groups excluding carboxylic acids is 2. The van der Waals surface area contributed by atoms with E-state index in [0.717, 1.165) is 11.1 Å². The van der Waals surface area contributed by atoms with E-state index < -0.39 is 17.5 Å². The summed E-state index contributed by atoms with van der Waals surface area (Å²) in [6, 6.07) is 5.69. The molecule has 0 saturated carbocycles. The van der Waals surface area contributed by atoms with Crippen LogP contribution in [-0.4, -0.2) is 68.0 Å². The van der Waals surface area contributed by atoms with E-state index in [0.29, 0.717) is 63.8 Å². The normalized spacial score (nSPS) is 15.1. The predicted octanol–water partition coefficient (Wildman–Crippen LogP) is 5.92. The molecule has 2 aliphatic heterocycles. The van der Waals surface area contributed by atoms with Crippen LogP contribution >= 0.6 is 0 Å². The summed E-state index contributed by atoms with van der Waals surface area (Å²) in [6.07, 6.45) is 3.41. The molecular formula is C33H38FN7O4. The van der Waals surface area contributed by atoms with E-state index in [1.807, 2.05) is 58.6 Å². The summed E-state index contributed by atoms with van der Waals surface area (Å²) < 4.78 is 29.1. The lowest BCUT2D eigenvalue weighted by Crippen LogP contribution is -2.42. The van der Waals surface area contributed by atoms with Crippen molar-refractivity contribution in [1.82, 2.24) is 24.6 Å². The summed E-state index contributed by atoms with van der Waals surface area (Å²) >= 11 is 0. The Morgan fingerprint density at radius 2 is 1.82 bits per heavy atom. The van der Waals surface area contributed by atoms with Gasteiger partial charge in [0.2, 0.25) is 11.8 Å². The number of halogens is 1. The van der Waals surface area contributed by atoms with Crippen LogP contribution in [0.5, 0.6) is 5.88 Å². The van der Waals surface area contributed by atoms with Gasteiger partial charge in [-0.15, -0.1) is 0 Å². The van der Waals surface area contributed by atoms with Crippen LogP contribution in [0.1, 0.15) is 51.4 Å². The second kappa shape index (κ2) is 11.3. The van der Waals surface area contributed by atoms with Crippen molar-refractivity contribution in [2.75, 3.05) is 29.9 Å². The van der Waals surface area contributed by atoms with Gasteiger partial charge in [0.05, 0.1) is 6.54 Å². The summed E-state index contributed by atoms with van der Waals surface area (Å²) in [5.41, 5.74) is 2.74. The number of rotatable bonds is 4. The number of hydrogen-bond acceptors (Lipinski definition) is 8. The van der Waals surface area contributed by atoms with Crippen LogP contribution in [0.25, 0.3) is 21.9 Å². The molecule has 1 N–H and O–H groups in total. The number of pyridine rings is 2. The van der Waals surface area contributed by atoms with Gasteiger partial charge in [0.15, 0.2) is 5.82 Å². The van der Waals surface area contributed by atoms with Gasteiger partial charge < -0.3 is 19.7 Å². The van der Waals surface area contributed by atoms with Crippen molar-refractivity contribution in [1.29, 1.82) is 0 Å². The van der Waals surface area contributed by atoms with E-state index in [1.165, 1.54) is 4.90 Å². The van der Waals surface area contributed by atoms with E-state index in [4.69, 9.17) is 9.47 Å². The number of nitrogens with zero attached hydrogens (tertiary/aromatic N) is 6. The van der Waals surface area contributed by atoms with E-state index in [2.05, 4.69) is 20.4 Å². The molecule has 0 radical (unpaired) electrons. The molecule has 3 aromatic heterocycles. The van der Waals surface area contributed by atoms with Gasteiger partial charge in [-0.2, -0.15) is 5.10 Å². The number of ether oxygens (including phenoxy) is 2. The highest BCUT2D eigenvalue weighted by atomic mass is 19.1. The number of benzene rings is 1. The Morgan fingerprint density at radius 3 is 2.56 bits per heavy atom. The van der Waals surface area contributed by atoms with Gasteiger partial charge in [0, 0.05) is 59.7 Å². The minimum absolute atomic E-state index is 0.0417. The lowest BCUT2D eigenvalue weighted by molar-refractivity contribution is -0.133. The number of fused-ring (bicyclic) bond motifs is 3. The van der Waals surface area contributed by atoms with Crippen molar-refractivity contribution in [2.24, 2.45) is 0 Å². The molecule has 0 spiro atoms. The minimum Gasteiger partial charge on any atom is -0.474 e. The highest BCUT2D eigenvalue weighted by Crippen LogP contribution is 2.41. The minimum atomic E-state index is -0.683. The van der Waals surface area contributed by atoms with Gasteiger partial charge in [-0.05, 0) is 77.1 Å². The number of aromatic nitrogens is 4. The summed E-state index contributed by atoms with van der Waals surface area (Å²) in [5, 5.41) is 9.31. The summed E-state index contributed by atoms with van der Waals surface area (Å²) in [4.78, 5) is 38.2. The molecule has 0 bridgehead atoms. The third-order valence-electron chi connectivity index (χ3n) is 8.16. The van der Waals surface area contributed by atoms with Gasteiger partial charge in [-0.1, -0.05) is 0 Å². The molecule has 0 atom stereocenters. The summed E-state index contributed by atoms with van der Waals surface area (Å²) in [7, 11) is 0. The molecule has 1 aromatic carbocycles. The number of amides is 2. The van der Waals surface area contributed by atoms with Crippen LogP contribution in [0.4, 0.5) is 26.5 Å². The molecule has 0 fully saturated rings. The quantitative estimate of drug-likeness (QED) is 0.301. The predicted molar refractivity (Wildman–Crippen MR) is 170 cm³/mol. The monoisotopic (exact) mass is 615 g/mol. The van der Waals surface area contributed by atoms with E-state index >= 15 is 4.39 Å². The zero-order chi connectivity index (χ0) is 32.2. The smallest absolute Gasteiger partial charge is 0.415 e. The third-order valence-corrected chi connectivity index (χ3v) is 8.16. The van der Waals surface area contributed by atoms with Gasteiger partial charge in [-0.3, -0.25) is 14.4 Å². The molecule has 236 valence electrons. The maximum atomic E-state index is 16.0. The van der Waals surface area contributed by atoms with Crippen molar-refractivity contribution < 1.29 is 23.5 Å². The second-order valence-electron chi connectivity index (χ2n) is 12.8. The highest BCUT2D eigenvalue weighted by molar-refractivity contribution is 5.96. The fourth-order valence-corrected chi connectivity index (χ4v) is 5.93. The molecule has 12 heteroatoms. The van der Waals surface area contributed by atoms with Gasteiger partial charge >= 0.3 is 6.09 Å². The van der Waals surface area contributed by atoms with E-state index in [-0.39, 0.29) is 31.6 Å². The van der Waals surface area contributed by atoms with Crippen LogP contribution in [0, 0.1) is 19.7 Å². The first-order valence-electron chi connectivity index (χ1n) is 15.2. The molecule has 0 unspecified atom stereocenters. The molecule has 45 heavy (non-hydrogen) atoms. The van der Waals surface area contributed by atoms with Crippen molar-refractivity contribution >= 4 is 40.1 Å². The number of carbonyl (C=O) groups is 2. The molecule has 4 aromatic rings. The van der Waals surface area contributed by atoms with Crippen molar-refractivity contribution in [3.8, 4) is 17.0 Å². The Kier molecular flexibility index (Phi) is 7.62. The molecule has 5 heterocycles. The van der Waals surface area contributed by atoms with Crippen molar-refractivity contribution in [3.63, 3.8) is 0 Å². The Balaban J connectivity index is 1.34. The van der Waals surface area contributed by atoms with Crippen LogP contribution < -0.4 is 15.0 Å². The Labute approximate surface area is 261 Å². The van der Waals surface area contributed by atoms with Crippen LogP contribution in [0.2, 0.25) is 0 Å². The van der Waals surface area contributed by atoms with Crippen LogP contribution in [-0.2, 0) is 22.5 Å². The first-order valence-corrected chi connectivity index (χ1v) is 15.2. The van der Waals surface area contributed by atoms with Crippen molar-refractivity contribution in [2.45, 2.75) is 73.1 Å². The highest BCUT2D eigenvalue weighted by Gasteiger charge is 2.32. The molecule has 6 rings (SSSR count). The average Bonchev–Trinajstić information content (AvgIpc) is 3.26. The zero-order valence-corrected chi connectivity index (χ0v) is 26.7. The topological polar surface area (TPSA) is 115 Å². The van der Waals surface area contributed by atoms with E-state index in [1.54, 1.807) is 30.1 Å². The van der Waals surface area contributed by atoms with Crippen molar-refractivity contribution in [3.05, 3.63) is 53.2 Å². The Hall–Kier alpha value is -4.74. The molecule has 0 saturated heterocycles. The maximum absolute atomic E-state index is 16.0. The summed E-state index contributed by atoms with van der Waals surface area (Å²) in [5.74, 6) is 1.07. The summed E-state index contributed by atoms with van der Waals surface area (Å²) in [6.45, 7) is 14.4. The molecule has 2 amide bonds. The Bertz CT molecular complexity index is 1830. The average molecular weight is 616 g/mol. The van der Waals surface area contributed by atoms with Gasteiger partial charge in [-0.25, -0.2) is 19.2 Å². The van der Waals surface area contributed by atoms with Gasteiger partial charge in [0.1, 0.15) is 36.1 Å². The first kappa shape index (κ1) is 30.3. The number of hydrogen-bond donors (Lipinski definition) is 1. The number of aryl methyl sites for hydroxylation is 1. The molecule has 2 aliphatic rings. The zero-order valence-electron chi connectivity index (χ0n) is 26.7. The number of anilines is 3. The van der Waals surface area contributed by atoms with E-state index in [9.17, 15) is 9.59 Å². The number of nitrogens with one attached hydrogen (secondary N) is 1. The first-order chi connectivity index (χ1) is 21.3. The maximum Gasteiger partial charge on any atom is 0.415 e.